The van der Waals surface area contributed by atoms with E-state index in [1.165, 1.54) is 0 Å². The van der Waals surface area contributed by atoms with Crippen LogP contribution in [-0.4, -0.2) is 147 Å². The summed E-state index contributed by atoms with van der Waals surface area (Å²) in [7, 11) is 0. The number of carboxylic acids is 4. The fraction of sp³-hybridized carbons (Fsp3) is 0. The quantitative estimate of drug-likeness (QED) is 0.551. The molecule has 4 N–H and O–H groups in total. The molecular formula is C14H10K2O8. The molecule has 0 aromatic heterocycles. The molecule has 0 atom stereocenters. The van der Waals surface area contributed by atoms with E-state index < -0.39 is 46.1 Å². The second-order valence-electron chi connectivity index (χ2n) is 4.36. The molecule has 2 aromatic carbocycles. The fourth-order valence-corrected chi connectivity index (χ4v) is 2.06. The van der Waals surface area contributed by atoms with E-state index in [1.54, 1.807) is 0 Å². The van der Waals surface area contributed by atoms with Crippen molar-refractivity contribution in [2.75, 3.05) is 0 Å². The number of carbonyl (C=O) groups is 4. The van der Waals surface area contributed by atoms with E-state index in [9.17, 15) is 19.2 Å². The van der Waals surface area contributed by atoms with E-state index in [4.69, 9.17) is 20.4 Å². The molecule has 0 radical (unpaired) electrons. The molecule has 10 heteroatoms. The first-order valence-corrected chi connectivity index (χ1v) is 5.77. The van der Waals surface area contributed by atoms with Gasteiger partial charge in [0.15, 0.2) is 0 Å². The minimum absolute atomic E-state index is 0. The predicted molar refractivity (Wildman–Crippen MR) is 86.1 cm³/mol. The third-order valence-corrected chi connectivity index (χ3v) is 3.02. The molecule has 0 fully saturated rings. The molecular weight excluding hydrogens is 374 g/mol. The van der Waals surface area contributed by atoms with Crippen LogP contribution in [0.4, 0.5) is 0 Å². The van der Waals surface area contributed by atoms with Crippen molar-refractivity contribution in [3.05, 3.63) is 46.5 Å². The zero-order valence-corrected chi connectivity index (χ0v) is 10.7. The molecule has 0 saturated carbocycles. The van der Waals surface area contributed by atoms with Gasteiger partial charge in [0.2, 0.25) is 0 Å². The molecule has 0 heterocycles. The van der Waals surface area contributed by atoms with Crippen molar-refractivity contribution in [3.63, 3.8) is 0 Å². The van der Waals surface area contributed by atoms with Gasteiger partial charge < -0.3 is 20.4 Å². The summed E-state index contributed by atoms with van der Waals surface area (Å²) in [6, 6.07) is 3.70. The summed E-state index contributed by atoms with van der Waals surface area (Å²) < 4.78 is 0. The van der Waals surface area contributed by atoms with Crippen LogP contribution in [0.5, 0.6) is 0 Å². The molecule has 0 amide bonds. The zero-order valence-electron chi connectivity index (χ0n) is 10.7. The molecule has 116 valence electrons. The van der Waals surface area contributed by atoms with E-state index in [0.717, 1.165) is 24.3 Å². The van der Waals surface area contributed by atoms with Crippen molar-refractivity contribution in [2.24, 2.45) is 0 Å². The number of rotatable bonds is 4. The monoisotopic (exact) mass is 384 g/mol. The second-order valence-corrected chi connectivity index (χ2v) is 4.36. The van der Waals surface area contributed by atoms with Crippen molar-refractivity contribution >= 4 is 137 Å². The van der Waals surface area contributed by atoms with E-state index in [-0.39, 0.29) is 114 Å². The van der Waals surface area contributed by atoms with Gasteiger partial charge in [-0.1, -0.05) is 0 Å². The van der Waals surface area contributed by atoms with E-state index in [0.29, 0.717) is 0 Å². The van der Waals surface area contributed by atoms with Crippen LogP contribution in [0.25, 0.3) is 10.8 Å². The fourth-order valence-electron chi connectivity index (χ4n) is 2.06. The van der Waals surface area contributed by atoms with Crippen LogP contribution in [0.15, 0.2) is 24.3 Å². The van der Waals surface area contributed by atoms with Gasteiger partial charge in [-0.25, -0.2) is 19.2 Å². The maximum atomic E-state index is 11.3. The number of hydrogen-bond acceptors (Lipinski definition) is 4. The van der Waals surface area contributed by atoms with E-state index >= 15 is 0 Å². The second kappa shape index (κ2) is 9.52. The summed E-state index contributed by atoms with van der Waals surface area (Å²) in [5, 5.41) is 36.0. The molecule has 0 aliphatic rings. The van der Waals surface area contributed by atoms with Gasteiger partial charge >= 0.3 is 127 Å². The van der Waals surface area contributed by atoms with Gasteiger partial charge in [-0.15, -0.1) is 0 Å². The van der Waals surface area contributed by atoms with Crippen LogP contribution in [0.2, 0.25) is 0 Å². The van der Waals surface area contributed by atoms with Gasteiger partial charge in [-0.05, 0) is 35.0 Å². The Morgan fingerprint density at radius 3 is 1.04 bits per heavy atom. The third-order valence-electron chi connectivity index (χ3n) is 3.02. The zero-order chi connectivity index (χ0) is 16.6. The molecule has 2 rings (SSSR count). The van der Waals surface area contributed by atoms with Gasteiger partial charge in [0.25, 0.3) is 0 Å². The molecule has 24 heavy (non-hydrogen) atoms. The van der Waals surface area contributed by atoms with Crippen molar-refractivity contribution in [2.45, 2.75) is 0 Å². The summed E-state index contributed by atoms with van der Waals surface area (Å²) in [5.41, 5.74) is -1.79. The Kier molecular flexibility index (Phi) is 9.46. The Labute approximate surface area is 219 Å². The minimum atomic E-state index is -1.49. The van der Waals surface area contributed by atoms with Crippen molar-refractivity contribution in [3.8, 4) is 0 Å². The van der Waals surface area contributed by atoms with Crippen LogP contribution < -0.4 is 0 Å². The van der Waals surface area contributed by atoms with Gasteiger partial charge in [0.05, 0.1) is 22.3 Å². The van der Waals surface area contributed by atoms with Gasteiger partial charge in [0, 0.05) is 0 Å². The molecule has 0 unspecified atom stereocenters. The first-order chi connectivity index (χ1) is 10.2. The Bertz CT molecular complexity index is 788. The molecule has 0 aliphatic heterocycles. The van der Waals surface area contributed by atoms with E-state index in [1.807, 2.05) is 0 Å². The Morgan fingerprint density at radius 2 is 0.833 bits per heavy atom. The Balaban J connectivity index is 0.00000264. The predicted octanol–water partition coefficient (Wildman–Crippen LogP) is 0.336. The van der Waals surface area contributed by atoms with Crippen molar-refractivity contribution < 1.29 is 39.6 Å². The number of benzene rings is 2. The summed E-state index contributed by atoms with van der Waals surface area (Å²) in [5.74, 6) is -5.84. The van der Waals surface area contributed by atoms with Crippen molar-refractivity contribution in [1.82, 2.24) is 0 Å². The SMILES string of the molecule is O=C(O)c1cc(C(=O)O)c2cc(C(=O)O)cc(C(=O)O)c2c1.[KH].[KH]. The van der Waals surface area contributed by atoms with Crippen LogP contribution >= 0.6 is 0 Å². The molecule has 8 nitrogen and oxygen atoms in total. The van der Waals surface area contributed by atoms with Gasteiger partial charge in [-0.3, -0.25) is 0 Å². The van der Waals surface area contributed by atoms with Crippen molar-refractivity contribution in [1.29, 1.82) is 0 Å². The molecule has 0 aliphatic carbocycles. The molecule has 0 bridgehead atoms. The maximum absolute atomic E-state index is 11.3. The van der Waals surface area contributed by atoms with Crippen LogP contribution in [-0.2, 0) is 0 Å². The van der Waals surface area contributed by atoms with Crippen LogP contribution in [0.1, 0.15) is 41.4 Å². The van der Waals surface area contributed by atoms with Crippen LogP contribution in [0.3, 0.4) is 0 Å². The van der Waals surface area contributed by atoms with Gasteiger partial charge in [-0.2, -0.15) is 0 Å². The average Bonchev–Trinajstić information content (AvgIpc) is 2.44. The summed E-state index contributed by atoms with van der Waals surface area (Å²) in [6.07, 6.45) is 0. The number of carboxylic acid groups (broad SMARTS) is 4. The Morgan fingerprint density at radius 1 is 0.542 bits per heavy atom. The summed E-state index contributed by atoms with van der Waals surface area (Å²) in [4.78, 5) is 44.6. The molecule has 0 spiro atoms. The molecule has 2 aromatic rings. The normalized spacial score (nSPS) is 9.50. The number of fused-ring (bicyclic) bond motifs is 1. The first-order valence-electron chi connectivity index (χ1n) is 5.77. The van der Waals surface area contributed by atoms with E-state index in [2.05, 4.69) is 0 Å². The van der Waals surface area contributed by atoms with Gasteiger partial charge in [0.1, 0.15) is 0 Å². The number of hydrogen-bond donors (Lipinski definition) is 4. The van der Waals surface area contributed by atoms with Crippen LogP contribution in [0, 0.1) is 0 Å². The topological polar surface area (TPSA) is 149 Å². The number of aromatic carboxylic acids is 4. The summed E-state index contributed by atoms with van der Waals surface area (Å²) in [6.45, 7) is 0. The standard InChI is InChI=1S/C14H8O8.2K.2H/c15-11(16)5-1-7-8(10(3-5)14(21)22)2-6(12(17)18)4-9(7)13(19)20;;;;/h1-4H,(H,15,16)(H,17,18)(H,19,20)(H,21,22);;;;. The Hall–Kier alpha value is -0.147. The first kappa shape index (κ1) is 23.9. The average molecular weight is 384 g/mol. The molecule has 0 saturated heterocycles. The third kappa shape index (κ3) is 4.94. The summed E-state index contributed by atoms with van der Waals surface area (Å²) >= 11 is 0.